The Morgan fingerprint density at radius 1 is 1.50 bits per heavy atom. The van der Waals surface area contributed by atoms with Crippen LogP contribution in [0.25, 0.3) is 0 Å². The van der Waals surface area contributed by atoms with Gasteiger partial charge in [-0.2, -0.15) is 10.6 Å². The van der Waals surface area contributed by atoms with Crippen molar-refractivity contribution in [2.75, 3.05) is 18.6 Å². The molecule has 1 fully saturated rings. The van der Waals surface area contributed by atoms with Crippen molar-refractivity contribution in [1.29, 1.82) is 0 Å². The molecule has 10 heavy (non-hydrogen) atoms. The second-order valence-electron chi connectivity index (χ2n) is 2.67. The zero-order valence-electron chi connectivity index (χ0n) is 6.12. The van der Waals surface area contributed by atoms with Crippen molar-refractivity contribution >= 4 is 10.6 Å². The average Bonchev–Trinajstić information content (AvgIpc) is 1.86. The summed E-state index contributed by atoms with van der Waals surface area (Å²) in [4.78, 5) is 0. The monoisotopic (exact) mass is 166 g/mol. The van der Waals surface area contributed by atoms with Gasteiger partial charge in [0.25, 0.3) is 0 Å². The molecule has 0 saturated carbocycles. The number of ether oxygens (including phenoxy) is 1. The number of rotatable bonds is 1. The molecule has 0 radical (unpaired) electrons. The Morgan fingerprint density at radius 2 is 2.20 bits per heavy atom. The largest absolute Gasteiger partial charge is 0.380 e. The zero-order chi connectivity index (χ0) is 7.61. The molecule has 0 amide bonds. The topological polar surface area (TPSA) is 49.7 Å². The second kappa shape index (κ2) is 3.09. The van der Waals surface area contributed by atoms with E-state index in [4.69, 9.17) is 4.74 Å². The molecule has 3 nitrogen and oxygen atoms in total. The van der Waals surface area contributed by atoms with Gasteiger partial charge in [-0.25, -0.2) is 0 Å². The molecule has 4 heteroatoms. The summed E-state index contributed by atoms with van der Waals surface area (Å²) in [5, 5.41) is 0. The molecule has 1 rings (SSSR count). The Labute approximate surface area is 62.7 Å². The fourth-order valence-corrected chi connectivity index (χ4v) is 2.89. The summed E-state index contributed by atoms with van der Waals surface area (Å²) in [5.74, 6) is 0.996. The third-order valence-electron chi connectivity index (χ3n) is 1.78. The summed E-state index contributed by atoms with van der Waals surface area (Å²) in [5.41, 5.74) is 0. The molecule has 1 saturated heterocycles. The predicted molar refractivity (Wildman–Crippen MR) is 42.6 cm³/mol. The maximum Gasteiger partial charge on any atom is 0.0745 e. The van der Waals surface area contributed by atoms with Crippen LogP contribution in [0.2, 0.25) is 0 Å². The molecule has 0 aliphatic carbocycles. The van der Waals surface area contributed by atoms with Gasteiger partial charge in [-0.3, -0.25) is 9.11 Å². The smallest absolute Gasteiger partial charge is 0.0745 e. The highest BCUT2D eigenvalue weighted by Crippen LogP contribution is 2.44. The first-order valence-corrected chi connectivity index (χ1v) is 5.29. The van der Waals surface area contributed by atoms with Crippen LogP contribution in [0.4, 0.5) is 0 Å². The average molecular weight is 166 g/mol. The van der Waals surface area contributed by atoms with Gasteiger partial charge in [0.1, 0.15) is 0 Å². The summed E-state index contributed by atoms with van der Waals surface area (Å²) in [7, 11) is -0.652. The third-order valence-corrected chi connectivity index (χ3v) is 3.63. The standard InChI is InChI=1S/C6H14O3S/c1-9-6-3-2-4-10(7,8)5-6/h6-8H,2-5H2,1H3. The third kappa shape index (κ3) is 2.12. The minimum absolute atomic E-state index is 0.0683. The van der Waals surface area contributed by atoms with Gasteiger partial charge >= 0.3 is 0 Å². The number of hydrogen-bond donors (Lipinski definition) is 2. The molecule has 1 atom stereocenters. The molecule has 0 aromatic carbocycles. The molecule has 0 bridgehead atoms. The molecule has 1 aliphatic heterocycles. The summed E-state index contributed by atoms with van der Waals surface area (Å²) in [6, 6.07) is 0. The molecule has 1 heterocycles. The Balaban J connectivity index is 2.40. The highest BCUT2D eigenvalue weighted by atomic mass is 32.3. The van der Waals surface area contributed by atoms with Crippen LogP contribution in [-0.4, -0.2) is 33.8 Å². The molecule has 0 spiro atoms. The van der Waals surface area contributed by atoms with Crippen LogP contribution in [0.3, 0.4) is 0 Å². The molecule has 2 N–H and O–H groups in total. The van der Waals surface area contributed by atoms with Crippen molar-refractivity contribution in [1.82, 2.24) is 0 Å². The molecular weight excluding hydrogens is 152 g/mol. The number of hydrogen-bond acceptors (Lipinski definition) is 3. The summed E-state index contributed by atoms with van der Waals surface area (Å²) in [6.07, 6.45) is 1.91. The van der Waals surface area contributed by atoms with Crippen molar-refractivity contribution in [3.63, 3.8) is 0 Å². The van der Waals surface area contributed by atoms with Gasteiger partial charge in [0, 0.05) is 12.9 Å². The van der Waals surface area contributed by atoms with Crippen LogP contribution in [0, 0.1) is 0 Å². The Hall–Kier alpha value is 0.230. The lowest BCUT2D eigenvalue weighted by atomic mass is 10.2. The molecular formula is C6H14O3S. The van der Waals surface area contributed by atoms with Gasteiger partial charge in [0.05, 0.1) is 11.9 Å². The van der Waals surface area contributed by atoms with Crippen molar-refractivity contribution in [2.24, 2.45) is 0 Å². The van der Waals surface area contributed by atoms with Crippen LogP contribution < -0.4 is 0 Å². The lowest BCUT2D eigenvalue weighted by Gasteiger charge is -2.39. The maximum atomic E-state index is 9.23. The van der Waals surface area contributed by atoms with E-state index in [9.17, 15) is 9.11 Å². The SMILES string of the molecule is COC1CCCS(O)(O)C1. The fraction of sp³-hybridized carbons (Fsp3) is 1.00. The van der Waals surface area contributed by atoms with Gasteiger partial charge in [-0.05, 0) is 12.8 Å². The maximum absolute atomic E-state index is 9.23. The van der Waals surface area contributed by atoms with Gasteiger partial charge in [-0.1, -0.05) is 0 Å². The van der Waals surface area contributed by atoms with Gasteiger partial charge in [0.15, 0.2) is 0 Å². The van der Waals surface area contributed by atoms with E-state index in [0.29, 0.717) is 11.5 Å². The zero-order valence-corrected chi connectivity index (χ0v) is 6.93. The number of methoxy groups -OCH3 is 1. The van der Waals surface area contributed by atoms with Crippen LogP contribution in [-0.2, 0) is 4.74 Å². The van der Waals surface area contributed by atoms with E-state index in [2.05, 4.69) is 0 Å². The lowest BCUT2D eigenvalue weighted by Crippen LogP contribution is -2.27. The molecule has 1 unspecified atom stereocenters. The summed E-state index contributed by atoms with van der Waals surface area (Å²) in [6.45, 7) is 0. The second-order valence-corrected chi connectivity index (χ2v) is 5.02. The van der Waals surface area contributed by atoms with Crippen LogP contribution in [0.15, 0.2) is 0 Å². The lowest BCUT2D eigenvalue weighted by molar-refractivity contribution is 0.107. The van der Waals surface area contributed by atoms with Crippen LogP contribution in [0.5, 0.6) is 0 Å². The Bertz CT molecular complexity index is 116. The van der Waals surface area contributed by atoms with Gasteiger partial charge in [0.2, 0.25) is 0 Å². The van der Waals surface area contributed by atoms with Crippen molar-refractivity contribution in [3.05, 3.63) is 0 Å². The fourth-order valence-electron chi connectivity index (χ4n) is 1.19. The highest BCUT2D eigenvalue weighted by molar-refractivity contribution is 8.24. The van der Waals surface area contributed by atoms with Gasteiger partial charge < -0.3 is 4.74 Å². The van der Waals surface area contributed by atoms with E-state index >= 15 is 0 Å². The van der Waals surface area contributed by atoms with E-state index < -0.39 is 10.6 Å². The van der Waals surface area contributed by atoms with E-state index in [1.54, 1.807) is 7.11 Å². The first-order chi connectivity index (χ1) is 4.64. The van der Waals surface area contributed by atoms with E-state index in [0.717, 1.165) is 12.8 Å². The van der Waals surface area contributed by atoms with Gasteiger partial charge in [-0.15, -0.1) is 0 Å². The van der Waals surface area contributed by atoms with Crippen molar-refractivity contribution in [3.8, 4) is 0 Å². The van der Waals surface area contributed by atoms with Crippen molar-refractivity contribution < 1.29 is 13.8 Å². The Kier molecular flexibility index (Phi) is 2.57. The van der Waals surface area contributed by atoms with Crippen molar-refractivity contribution in [2.45, 2.75) is 18.9 Å². The molecule has 0 aromatic rings. The van der Waals surface area contributed by atoms with E-state index in [1.807, 2.05) is 0 Å². The van der Waals surface area contributed by atoms with Crippen LogP contribution in [0.1, 0.15) is 12.8 Å². The minimum atomic E-state index is -2.27. The first kappa shape index (κ1) is 8.33. The van der Waals surface area contributed by atoms with E-state index in [1.165, 1.54) is 0 Å². The molecule has 62 valence electrons. The van der Waals surface area contributed by atoms with Crippen LogP contribution >= 0.6 is 10.6 Å². The molecule has 1 aliphatic rings. The van der Waals surface area contributed by atoms with E-state index in [-0.39, 0.29) is 6.10 Å². The normalized spacial score (nSPS) is 35.3. The first-order valence-electron chi connectivity index (χ1n) is 3.40. The Morgan fingerprint density at radius 3 is 2.60 bits per heavy atom. The quantitative estimate of drug-likeness (QED) is 0.621. The summed E-state index contributed by atoms with van der Waals surface area (Å²) >= 11 is 0. The minimum Gasteiger partial charge on any atom is -0.380 e. The summed E-state index contributed by atoms with van der Waals surface area (Å²) < 4.78 is 23.5. The molecule has 0 aromatic heterocycles. The predicted octanol–water partition coefficient (Wildman–Crippen LogP) is 1.55. The highest BCUT2D eigenvalue weighted by Gasteiger charge is 2.24.